The van der Waals surface area contributed by atoms with E-state index >= 15 is 0 Å². The fourth-order valence-electron chi connectivity index (χ4n) is 4.24. The quantitative estimate of drug-likeness (QED) is 0.551. The number of nitrogens with two attached hydrogens (primary N) is 1. The van der Waals surface area contributed by atoms with Crippen LogP contribution in [0.1, 0.15) is 46.2 Å². The lowest BCUT2D eigenvalue weighted by molar-refractivity contribution is -0.124. The van der Waals surface area contributed by atoms with Crippen molar-refractivity contribution in [2.45, 2.75) is 52.7 Å². The van der Waals surface area contributed by atoms with Gasteiger partial charge in [-0.05, 0) is 44.4 Å². The zero-order valence-electron chi connectivity index (χ0n) is 18.6. The standard InChI is InChI=1S/C24H28N6O2/c1-14-8-15(2)10-17(9-14)11-26-19-13-27-22-7-5-20(30(22)24(19)32)23(31)28-12-18-4-6-21(25)29-16(18)3/h4,6,8-10,13,20,26H,5,7,11-12H2,1-3H3,(H2,25,29)(H,28,31)/t20-/m1/s1. The minimum absolute atomic E-state index is 0.199. The Morgan fingerprint density at radius 3 is 2.62 bits per heavy atom. The van der Waals surface area contributed by atoms with Gasteiger partial charge >= 0.3 is 0 Å². The zero-order valence-corrected chi connectivity index (χ0v) is 18.6. The molecule has 1 aliphatic rings. The molecular weight excluding hydrogens is 404 g/mol. The van der Waals surface area contributed by atoms with Crippen molar-refractivity contribution in [1.29, 1.82) is 0 Å². The van der Waals surface area contributed by atoms with E-state index in [1.54, 1.807) is 12.3 Å². The molecular formula is C24H28N6O2. The Bertz CT molecular complexity index is 1210. The second kappa shape index (κ2) is 8.82. The van der Waals surface area contributed by atoms with E-state index in [-0.39, 0.29) is 11.5 Å². The first-order valence-corrected chi connectivity index (χ1v) is 10.7. The van der Waals surface area contributed by atoms with E-state index in [1.165, 1.54) is 15.7 Å². The molecule has 4 N–H and O–H groups in total. The molecule has 1 amide bonds. The van der Waals surface area contributed by atoms with Crippen LogP contribution in [-0.4, -0.2) is 20.4 Å². The van der Waals surface area contributed by atoms with E-state index in [0.717, 1.165) is 16.8 Å². The Kier molecular flexibility index (Phi) is 5.94. The monoisotopic (exact) mass is 432 g/mol. The van der Waals surface area contributed by atoms with Crippen molar-refractivity contribution in [3.8, 4) is 0 Å². The molecule has 8 nitrogen and oxygen atoms in total. The van der Waals surface area contributed by atoms with Crippen LogP contribution in [0.2, 0.25) is 0 Å². The number of aromatic nitrogens is 3. The number of benzene rings is 1. The maximum absolute atomic E-state index is 13.2. The lowest BCUT2D eigenvalue weighted by Gasteiger charge is -2.16. The fraction of sp³-hybridized carbons (Fsp3) is 0.333. The van der Waals surface area contributed by atoms with Gasteiger partial charge in [-0.3, -0.25) is 14.2 Å². The third kappa shape index (κ3) is 4.49. The first-order valence-electron chi connectivity index (χ1n) is 10.7. The summed E-state index contributed by atoms with van der Waals surface area (Å²) in [5.41, 5.74) is 11.0. The number of pyridine rings is 1. The molecule has 1 atom stereocenters. The summed E-state index contributed by atoms with van der Waals surface area (Å²) >= 11 is 0. The first kappa shape index (κ1) is 21.5. The van der Waals surface area contributed by atoms with E-state index < -0.39 is 6.04 Å². The van der Waals surface area contributed by atoms with Gasteiger partial charge in [0.1, 0.15) is 23.4 Å². The number of carbonyl (C=O) groups is 1. The third-order valence-corrected chi connectivity index (χ3v) is 5.76. The maximum Gasteiger partial charge on any atom is 0.277 e. The average molecular weight is 433 g/mol. The maximum atomic E-state index is 13.2. The van der Waals surface area contributed by atoms with Gasteiger partial charge < -0.3 is 16.4 Å². The van der Waals surface area contributed by atoms with Crippen molar-refractivity contribution in [1.82, 2.24) is 19.9 Å². The van der Waals surface area contributed by atoms with E-state index in [0.29, 0.717) is 43.3 Å². The molecule has 0 saturated heterocycles. The molecule has 0 fully saturated rings. The molecule has 3 heterocycles. The number of hydrogen-bond acceptors (Lipinski definition) is 6. The fourth-order valence-corrected chi connectivity index (χ4v) is 4.24. The number of carbonyl (C=O) groups excluding carboxylic acids is 1. The number of amides is 1. The lowest BCUT2D eigenvalue weighted by atomic mass is 10.1. The number of nitrogen functional groups attached to an aromatic ring is 1. The van der Waals surface area contributed by atoms with Crippen LogP contribution >= 0.6 is 0 Å². The van der Waals surface area contributed by atoms with Crippen LogP contribution in [-0.2, 0) is 24.3 Å². The molecule has 0 unspecified atom stereocenters. The Hall–Kier alpha value is -3.68. The first-order chi connectivity index (χ1) is 15.3. The molecule has 32 heavy (non-hydrogen) atoms. The number of hydrogen-bond donors (Lipinski definition) is 3. The summed E-state index contributed by atoms with van der Waals surface area (Å²) in [5.74, 6) is 0.883. The van der Waals surface area contributed by atoms with Crippen molar-refractivity contribution in [3.05, 3.63) is 80.7 Å². The summed E-state index contributed by atoms with van der Waals surface area (Å²) in [5, 5.41) is 6.13. The second-order valence-corrected chi connectivity index (χ2v) is 8.37. The summed E-state index contributed by atoms with van der Waals surface area (Å²) in [6.45, 7) is 6.79. The van der Waals surface area contributed by atoms with Gasteiger partial charge in [-0.25, -0.2) is 9.97 Å². The normalized spacial score (nSPS) is 14.8. The van der Waals surface area contributed by atoms with E-state index in [9.17, 15) is 9.59 Å². The molecule has 1 aliphatic heterocycles. The Balaban J connectivity index is 1.49. The minimum atomic E-state index is -0.574. The van der Waals surface area contributed by atoms with Crippen molar-refractivity contribution in [2.75, 3.05) is 11.1 Å². The molecule has 0 aliphatic carbocycles. The van der Waals surface area contributed by atoms with Gasteiger partial charge in [0.2, 0.25) is 5.91 Å². The van der Waals surface area contributed by atoms with Crippen LogP contribution in [0.5, 0.6) is 0 Å². The summed E-state index contributed by atoms with van der Waals surface area (Å²) in [4.78, 5) is 34.7. The highest BCUT2D eigenvalue weighted by molar-refractivity contribution is 5.81. The largest absolute Gasteiger partial charge is 0.384 e. The number of nitrogens with zero attached hydrogens (tertiary/aromatic N) is 3. The molecule has 166 valence electrons. The number of anilines is 2. The van der Waals surface area contributed by atoms with Gasteiger partial charge in [0.25, 0.3) is 5.56 Å². The molecule has 4 rings (SSSR count). The number of aryl methyl sites for hydroxylation is 4. The van der Waals surface area contributed by atoms with Gasteiger partial charge in [-0.15, -0.1) is 0 Å². The molecule has 0 saturated carbocycles. The summed E-state index contributed by atoms with van der Waals surface area (Å²) in [7, 11) is 0. The van der Waals surface area contributed by atoms with Crippen molar-refractivity contribution in [3.63, 3.8) is 0 Å². The van der Waals surface area contributed by atoms with Gasteiger partial charge in [-0.2, -0.15) is 0 Å². The highest BCUT2D eigenvalue weighted by Crippen LogP contribution is 2.23. The van der Waals surface area contributed by atoms with Crippen LogP contribution in [0.15, 0.2) is 41.3 Å². The number of nitrogens with one attached hydrogen (secondary N) is 2. The van der Waals surface area contributed by atoms with Crippen LogP contribution in [0.3, 0.4) is 0 Å². The molecule has 2 aromatic heterocycles. The topological polar surface area (TPSA) is 115 Å². The van der Waals surface area contributed by atoms with Gasteiger partial charge in [0.05, 0.1) is 6.20 Å². The van der Waals surface area contributed by atoms with Crippen LogP contribution in [0.25, 0.3) is 0 Å². The molecule has 3 aromatic rings. The smallest absolute Gasteiger partial charge is 0.277 e. The highest BCUT2D eigenvalue weighted by Gasteiger charge is 2.31. The SMILES string of the molecule is Cc1cc(C)cc(CNc2cnc3n(c2=O)[C@@H](C(=O)NCc2ccc(N)nc2C)CC3)c1. The molecule has 0 radical (unpaired) electrons. The van der Waals surface area contributed by atoms with E-state index in [2.05, 4.69) is 38.8 Å². The Morgan fingerprint density at radius 1 is 1.16 bits per heavy atom. The van der Waals surface area contributed by atoms with E-state index in [1.807, 2.05) is 26.8 Å². The number of rotatable bonds is 6. The lowest BCUT2D eigenvalue weighted by Crippen LogP contribution is -2.36. The van der Waals surface area contributed by atoms with Crippen molar-refractivity contribution < 1.29 is 4.79 Å². The summed E-state index contributed by atoms with van der Waals surface area (Å²) in [6.07, 6.45) is 2.71. The van der Waals surface area contributed by atoms with Crippen LogP contribution in [0.4, 0.5) is 11.5 Å². The van der Waals surface area contributed by atoms with Gasteiger partial charge in [0, 0.05) is 25.2 Å². The van der Waals surface area contributed by atoms with Crippen LogP contribution in [0, 0.1) is 20.8 Å². The summed E-state index contributed by atoms with van der Waals surface area (Å²) in [6, 6.07) is 9.27. The predicted octanol–water partition coefficient (Wildman–Crippen LogP) is 2.56. The average Bonchev–Trinajstić information content (AvgIpc) is 3.17. The third-order valence-electron chi connectivity index (χ3n) is 5.76. The molecule has 8 heteroatoms. The Labute approximate surface area is 186 Å². The molecule has 1 aromatic carbocycles. The van der Waals surface area contributed by atoms with Gasteiger partial charge in [0.15, 0.2) is 0 Å². The van der Waals surface area contributed by atoms with E-state index in [4.69, 9.17) is 5.73 Å². The minimum Gasteiger partial charge on any atom is -0.384 e. The van der Waals surface area contributed by atoms with Crippen molar-refractivity contribution in [2.24, 2.45) is 0 Å². The summed E-state index contributed by atoms with van der Waals surface area (Å²) < 4.78 is 1.52. The van der Waals surface area contributed by atoms with Crippen molar-refractivity contribution >= 4 is 17.4 Å². The number of fused-ring (bicyclic) bond motifs is 1. The molecule has 0 spiro atoms. The molecule has 0 bridgehead atoms. The zero-order chi connectivity index (χ0) is 22.8. The predicted molar refractivity (Wildman–Crippen MR) is 124 cm³/mol. The highest BCUT2D eigenvalue weighted by atomic mass is 16.2. The second-order valence-electron chi connectivity index (χ2n) is 8.37. The Morgan fingerprint density at radius 2 is 1.91 bits per heavy atom. The van der Waals surface area contributed by atoms with Gasteiger partial charge in [-0.1, -0.05) is 35.4 Å². The van der Waals surface area contributed by atoms with Crippen LogP contribution < -0.4 is 21.9 Å².